The number of hydrogen-bond acceptors (Lipinski definition) is 4. The molecule has 0 spiro atoms. The fraction of sp³-hybridized carbons (Fsp3) is 0.455. The van der Waals surface area contributed by atoms with Gasteiger partial charge in [0.1, 0.15) is 0 Å². The van der Waals surface area contributed by atoms with E-state index in [0.29, 0.717) is 29.3 Å². The summed E-state index contributed by atoms with van der Waals surface area (Å²) in [4.78, 5) is 0.181. The van der Waals surface area contributed by atoms with Crippen molar-refractivity contribution in [3.8, 4) is 0 Å². The molecule has 0 aliphatic carbocycles. The molecule has 1 aromatic rings. The molecule has 19 heavy (non-hydrogen) atoms. The maximum atomic E-state index is 12.1. The first-order valence-electron chi connectivity index (χ1n) is 5.75. The first-order valence-corrected chi connectivity index (χ1v) is 8.40. The van der Waals surface area contributed by atoms with Crippen molar-refractivity contribution in [3.05, 3.63) is 27.7 Å². The molecule has 2 rings (SSSR count). The lowest BCUT2D eigenvalue weighted by Crippen LogP contribution is -2.48. The number of ether oxygens (including phenoxy) is 1. The smallest absolute Gasteiger partial charge is 0.240 e. The molecule has 1 aromatic carbocycles. The number of halogens is 2. The predicted octanol–water partition coefficient (Wildman–Crippen LogP) is 1.37. The second-order valence-corrected chi connectivity index (χ2v) is 7.18. The molecule has 1 heterocycles. The lowest BCUT2D eigenvalue weighted by atomic mass is 10.3. The summed E-state index contributed by atoms with van der Waals surface area (Å²) in [5, 5.41) is 3.65. The van der Waals surface area contributed by atoms with Crippen molar-refractivity contribution < 1.29 is 13.2 Å². The van der Waals surface area contributed by atoms with E-state index in [1.807, 2.05) is 0 Å². The van der Waals surface area contributed by atoms with Crippen LogP contribution in [0.2, 0.25) is 5.02 Å². The molecule has 0 aromatic heterocycles. The average molecular weight is 370 g/mol. The summed E-state index contributed by atoms with van der Waals surface area (Å²) in [6, 6.07) is 4.50. The van der Waals surface area contributed by atoms with Crippen molar-refractivity contribution in [1.29, 1.82) is 0 Å². The van der Waals surface area contributed by atoms with E-state index < -0.39 is 10.0 Å². The molecule has 1 saturated heterocycles. The van der Waals surface area contributed by atoms with Crippen LogP contribution in [0, 0.1) is 0 Å². The summed E-state index contributed by atoms with van der Waals surface area (Å²) >= 11 is 9.05. The summed E-state index contributed by atoms with van der Waals surface area (Å²) < 4.78 is 32.6. The summed E-state index contributed by atoms with van der Waals surface area (Å²) in [5.41, 5.74) is 0. The zero-order valence-electron chi connectivity index (χ0n) is 10.0. The van der Waals surface area contributed by atoms with Gasteiger partial charge in [0, 0.05) is 23.6 Å². The van der Waals surface area contributed by atoms with Crippen LogP contribution in [-0.2, 0) is 14.8 Å². The van der Waals surface area contributed by atoms with Crippen LogP contribution in [0.15, 0.2) is 27.6 Å². The average Bonchev–Trinajstić information content (AvgIpc) is 2.41. The van der Waals surface area contributed by atoms with Crippen molar-refractivity contribution >= 4 is 37.6 Å². The minimum Gasteiger partial charge on any atom is -0.378 e. The third-order valence-corrected chi connectivity index (χ3v) is 5.35. The number of nitrogens with one attached hydrogen (secondary N) is 2. The number of benzene rings is 1. The van der Waals surface area contributed by atoms with Gasteiger partial charge >= 0.3 is 0 Å². The Kier molecular flexibility index (Phi) is 5.22. The normalized spacial score (nSPS) is 20.4. The Morgan fingerprint density at radius 1 is 1.53 bits per heavy atom. The Bertz CT molecular complexity index is 547. The van der Waals surface area contributed by atoms with Gasteiger partial charge in [-0.15, -0.1) is 0 Å². The monoisotopic (exact) mass is 368 g/mol. The third kappa shape index (κ3) is 4.14. The topological polar surface area (TPSA) is 67.4 Å². The van der Waals surface area contributed by atoms with E-state index in [4.69, 9.17) is 16.3 Å². The molecule has 0 radical (unpaired) electrons. The quantitative estimate of drug-likeness (QED) is 0.841. The highest BCUT2D eigenvalue weighted by atomic mass is 79.9. The van der Waals surface area contributed by atoms with Gasteiger partial charge in [-0.1, -0.05) is 11.6 Å². The standard InChI is InChI=1S/C11H14BrClN2O3S/c12-10-5-9(1-2-11(10)13)19(16,17)15-6-8-7-18-4-3-14-8/h1-2,5,8,14-15H,3-4,6-7H2. The number of hydrogen-bond donors (Lipinski definition) is 2. The molecule has 8 heteroatoms. The molecule has 0 bridgehead atoms. The zero-order chi connectivity index (χ0) is 13.9. The zero-order valence-corrected chi connectivity index (χ0v) is 13.2. The largest absolute Gasteiger partial charge is 0.378 e. The molecule has 5 nitrogen and oxygen atoms in total. The van der Waals surface area contributed by atoms with Crippen LogP contribution >= 0.6 is 27.5 Å². The SMILES string of the molecule is O=S(=O)(NCC1COCCN1)c1ccc(Cl)c(Br)c1. The van der Waals surface area contributed by atoms with Crippen molar-refractivity contribution in [1.82, 2.24) is 10.0 Å². The van der Waals surface area contributed by atoms with Crippen LogP contribution in [0.5, 0.6) is 0 Å². The van der Waals surface area contributed by atoms with Gasteiger partial charge in [-0.05, 0) is 34.1 Å². The minimum atomic E-state index is -3.53. The molecule has 106 valence electrons. The Morgan fingerprint density at radius 2 is 2.32 bits per heavy atom. The van der Waals surface area contributed by atoms with E-state index in [1.165, 1.54) is 12.1 Å². The Hall–Kier alpha value is -0.180. The van der Waals surface area contributed by atoms with Crippen LogP contribution in [0.3, 0.4) is 0 Å². The Morgan fingerprint density at radius 3 is 2.95 bits per heavy atom. The highest BCUT2D eigenvalue weighted by Gasteiger charge is 2.19. The fourth-order valence-corrected chi connectivity index (χ4v) is 3.44. The van der Waals surface area contributed by atoms with E-state index in [9.17, 15) is 8.42 Å². The van der Waals surface area contributed by atoms with E-state index in [2.05, 4.69) is 26.0 Å². The highest BCUT2D eigenvalue weighted by Crippen LogP contribution is 2.25. The predicted molar refractivity (Wildman–Crippen MR) is 77.0 cm³/mol. The first-order chi connectivity index (χ1) is 8.99. The number of morpholine rings is 1. The van der Waals surface area contributed by atoms with E-state index in [0.717, 1.165) is 6.54 Å². The van der Waals surface area contributed by atoms with E-state index in [1.54, 1.807) is 6.07 Å². The van der Waals surface area contributed by atoms with E-state index >= 15 is 0 Å². The van der Waals surface area contributed by atoms with Gasteiger partial charge in [-0.25, -0.2) is 13.1 Å². The van der Waals surface area contributed by atoms with Crippen LogP contribution in [0.1, 0.15) is 0 Å². The number of sulfonamides is 1. The second-order valence-electron chi connectivity index (χ2n) is 4.15. The lowest BCUT2D eigenvalue weighted by Gasteiger charge is -2.23. The second kappa shape index (κ2) is 6.51. The van der Waals surface area contributed by atoms with Crippen LogP contribution in [0.25, 0.3) is 0 Å². The maximum absolute atomic E-state index is 12.1. The van der Waals surface area contributed by atoms with Gasteiger partial charge in [0.2, 0.25) is 10.0 Å². The molecule has 2 N–H and O–H groups in total. The van der Waals surface area contributed by atoms with Gasteiger partial charge in [0.25, 0.3) is 0 Å². The first kappa shape index (κ1) is 15.2. The Balaban J connectivity index is 2.02. The van der Waals surface area contributed by atoms with Crippen molar-refractivity contribution in [2.75, 3.05) is 26.3 Å². The molecule has 0 saturated carbocycles. The van der Waals surface area contributed by atoms with Gasteiger partial charge in [-0.3, -0.25) is 0 Å². The summed E-state index contributed by atoms with van der Waals surface area (Å²) in [5.74, 6) is 0. The minimum absolute atomic E-state index is 0.000680. The summed E-state index contributed by atoms with van der Waals surface area (Å²) in [6.07, 6.45) is 0. The third-order valence-electron chi connectivity index (χ3n) is 2.72. The molecule has 1 unspecified atom stereocenters. The lowest BCUT2D eigenvalue weighted by molar-refractivity contribution is 0.0784. The summed E-state index contributed by atoms with van der Waals surface area (Å²) in [6.45, 7) is 2.20. The van der Waals surface area contributed by atoms with Crippen molar-refractivity contribution in [2.24, 2.45) is 0 Å². The number of rotatable bonds is 4. The van der Waals surface area contributed by atoms with Gasteiger partial charge in [0.15, 0.2) is 0 Å². The van der Waals surface area contributed by atoms with Crippen molar-refractivity contribution in [3.63, 3.8) is 0 Å². The van der Waals surface area contributed by atoms with Crippen molar-refractivity contribution in [2.45, 2.75) is 10.9 Å². The maximum Gasteiger partial charge on any atom is 0.240 e. The highest BCUT2D eigenvalue weighted by molar-refractivity contribution is 9.10. The Labute approximate surface area is 125 Å². The molecular weight excluding hydrogens is 356 g/mol. The molecule has 0 amide bonds. The van der Waals surface area contributed by atoms with Gasteiger partial charge < -0.3 is 10.1 Å². The van der Waals surface area contributed by atoms with Crippen LogP contribution < -0.4 is 10.0 Å². The molecule has 1 fully saturated rings. The summed E-state index contributed by atoms with van der Waals surface area (Å²) in [7, 11) is -3.53. The molecule has 1 aliphatic heterocycles. The molecule has 1 atom stereocenters. The van der Waals surface area contributed by atoms with E-state index in [-0.39, 0.29) is 10.9 Å². The fourth-order valence-electron chi connectivity index (χ4n) is 1.69. The van der Waals surface area contributed by atoms with Crippen LogP contribution in [-0.4, -0.2) is 40.8 Å². The molecule has 1 aliphatic rings. The van der Waals surface area contributed by atoms with Crippen LogP contribution in [0.4, 0.5) is 0 Å². The molecular formula is C11H14BrClN2O3S. The van der Waals surface area contributed by atoms with Gasteiger partial charge in [0.05, 0.1) is 23.1 Å². The van der Waals surface area contributed by atoms with Gasteiger partial charge in [-0.2, -0.15) is 0 Å².